The van der Waals surface area contributed by atoms with Crippen LogP contribution in [0.1, 0.15) is 63.2 Å². The van der Waals surface area contributed by atoms with Crippen LogP contribution in [0.2, 0.25) is 0 Å². The molecule has 0 aliphatic heterocycles. The number of ether oxygens (including phenoxy) is 3. The number of carbonyl (C=O) groups excluding carboxylic acids is 2. The maximum atomic E-state index is 12.4. The summed E-state index contributed by atoms with van der Waals surface area (Å²) in [5.41, 5.74) is 0.331. The fourth-order valence-corrected chi connectivity index (χ4v) is 4.84. The lowest BCUT2D eigenvalue weighted by Gasteiger charge is -2.28. The van der Waals surface area contributed by atoms with Crippen molar-refractivity contribution in [2.24, 2.45) is 23.7 Å². The first-order chi connectivity index (χ1) is 14.4. The molecule has 2 saturated carbocycles. The smallest absolute Gasteiger partial charge is 0.338 e. The summed E-state index contributed by atoms with van der Waals surface area (Å²) < 4.78 is 16.3. The molecular weight excluding hydrogens is 382 g/mol. The van der Waals surface area contributed by atoms with E-state index in [0.717, 1.165) is 18.3 Å². The summed E-state index contributed by atoms with van der Waals surface area (Å²) in [5, 5.41) is 3.02. The van der Waals surface area contributed by atoms with Gasteiger partial charge in [0.05, 0.1) is 19.3 Å². The summed E-state index contributed by atoms with van der Waals surface area (Å²) in [6.45, 7) is 6.63. The Morgan fingerprint density at radius 2 is 1.93 bits per heavy atom. The summed E-state index contributed by atoms with van der Waals surface area (Å²) in [6.07, 6.45) is 6.06. The minimum Gasteiger partial charge on any atom is -0.493 e. The van der Waals surface area contributed by atoms with E-state index < -0.39 is 5.97 Å². The van der Waals surface area contributed by atoms with Gasteiger partial charge in [-0.15, -0.1) is 0 Å². The van der Waals surface area contributed by atoms with E-state index >= 15 is 0 Å². The van der Waals surface area contributed by atoms with Gasteiger partial charge in [0, 0.05) is 6.04 Å². The van der Waals surface area contributed by atoms with Crippen LogP contribution in [-0.4, -0.2) is 38.2 Å². The zero-order valence-corrected chi connectivity index (χ0v) is 18.6. The maximum absolute atomic E-state index is 12.4. The molecule has 0 saturated heterocycles. The molecule has 1 amide bonds. The van der Waals surface area contributed by atoms with Crippen LogP contribution in [0.4, 0.5) is 0 Å². The number of amides is 1. The van der Waals surface area contributed by atoms with Gasteiger partial charge in [0.25, 0.3) is 5.91 Å². The van der Waals surface area contributed by atoms with Crippen molar-refractivity contribution >= 4 is 11.9 Å². The first-order valence-electron chi connectivity index (χ1n) is 11.1. The molecule has 30 heavy (non-hydrogen) atoms. The van der Waals surface area contributed by atoms with E-state index in [1.807, 2.05) is 0 Å². The monoisotopic (exact) mass is 417 g/mol. The van der Waals surface area contributed by atoms with Crippen molar-refractivity contribution in [1.29, 1.82) is 0 Å². The number of hydrogen-bond donors (Lipinski definition) is 1. The van der Waals surface area contributed by atoms with Crippen LogP contribution in [0.3, 0.4) is 0 Å². The first kappa shape index (κ1) is 22.4. The number of nitrogens with one attached hydrogen (secondary N) is 1. The van der Waals surface area contributed by atoms with Gasteiger partial charge < -0.3 is 19.5 Å². The maximum Gasteiger partial charge on any atom is 0.338 e. The number of hydrogen-bond acceptors (Lipinski definition) is 5. The highest BCUT2D eigenvalue weighted by Crippen LogP contribution is 2.49. The third kappa shape index (κ3) is 5.67. The third-order valence-corrected chi connectivity index (χ3v) is 6.51. The Morgan fingerprint density at radius 3 is 2.57 bits per heavy atom. The number of rotatable bonds is 10. The normalized spacial score (nSPS) is 23.3. The van der Waals surface area contributed by atoms with Crippen LogP contribution < -0.4 is 14.8 Å². The molecular formula is C24H35NO5. The molecule has 2 aliphatic rings. The predicted molar refractivity (Wildman–Crippen MR) is 115 cm³/mol. The van der Waals surface area contributed by atoms with E-state index in [1.165, 1.54) is 32.8 Å². The quantitative estimate of drug-likeness (QED) is 0.577. The standard InChI is InChI=1S/C24H35NO5/c1-15(2)9-10-29-21-8-7-19(13-22(21)28-4)24(27)30-14-23(26)25-16(3)20-12-17-5-6-18(20)11-17/h7-8,13,15-18,20H,5-6,9-12,14H2,1-4H3,(H,25,26). The summed E-state index contributed by atoms with van der Waals surface area (Å²) in [5.74, 6) is 2.93. The SMILES string of the molecule is COc1cc(C(=O)OCC(=O)NC(C)C2CC3CCC2C3)ccc1OCCC(C)C. The van der Waals surface area contributed by atoms with Crippen molar-refractivity contribution in [3.63, 3.8) is 0 Å². The van der Waals surface area contributed by atoms with E-state index in [2.05, 4.69) is 26.1 Å². The first-order valence-corrected chi connectivity index (χ1v) is 11.1. The Balaban J connectivity index is 1.47. The summed E-state index contributed by atoms with van der Waals surface area (Å²) in [7, 11) is 1.53. The van der Waals surface area contributed by atoms with Gasteiger partial charge >= 0.3 is 5.97 Å². The minimum absolute atomic E-state index is 0.119. The Labute approximate surface area is 179 Å². The zero-order valence-electron chi connectivity index (χ0n) is 18.6. The lowest BCUT2D eigenvalue weighted by Crippen LogP contribution is -2.42. The molecule has 166 valence electrons. The molecule has 0 radical (unpaired) electrons. The second kappa shape index (κ2) is 10.2. The Hall–Kier alpha value is -2.24. The van der Waals surface area contributed by atoms with Crippen LogP contribution in [-0.2, 0) is 9.53 Å². The fraction of sp³-hybridized carbons (Fsp3) is 0.667. The van der Waals surface area contributed by atoms with Gasteiger partial charge in [0.1, 0.15) is 0 Å². The highest BCUT2D eigenvalue weighted by atomic mass is 16.5. The molecule has 4 atom stereocenters. The molecule has 1 aromatic rings. The molecule has 3 rings (SSSR count). The number of esters is 1. The second-order valence-electron chi connectivity index (χ2n) is 9.17. The molecule has 6 nitrogen and oxygen atoms in total. The molecule has 2 fully saturated rings. The second-order valence-corrected chi connectivity index (χ2v) is 9.17. The van der Waals surface area contributed by atoms with Crippen LogP contribution in [0.25, 0.3) is 0 Å². The van der Waals surface area contributed by atoms with Gasteiger partial charge in [0.15, 0.2) is 18.1 Å². The molecule has 2 bridgehead atoms. The van der Waals surface area contributed by atoms with Crippen LogP contribution in [0.15, 0.2) is 18.2 Å². The van der Waals surface area contributed by atoms with Crippen molar-refractivity contribution in [3.8, 4) is 11.5 Å². The topological polar surface area (TPSA) is 73.9 Å². The largest absolute Gasteiger partial charge is 0.493 e. The van der Waals surface area contributed by atoms with Gasteiger partial charge in [-0.25, -0.2) is 4.79 Å². The highest BCUT2D eigenvalue weighted by molar-refractivity contribution is 5.92. The van der Waals surface area contributed by atoms with E-state index in [-0.39, 0.29) is 18.6 Å². The average molecular weight is 418 g/mol. The Kier molecular flexibility index (Phi) is 7.62. The summed E-state index contributed by atoms with van der Waals surface area (Å²) in [6, 6.07) is 5.04. The molecule has 1 N–H and O–H groups in total. The van der Waals surface area contributed by atoms with Crippen LogP contribution in [0.5, 0.6) is 11.5 Å². The molecule has 1 aromatic carbocycles. The van der Waals surface area contributed by atoms with Crippen molar-refractivity contribution in [2.75, 3.05) is 20.3 Å². The fourth-order valence-electron chi connectivity index (χ4n) is 4.84. The molecule has 0 spiro atoms. The average Bonchev–Trinajstić information content (AvgIpc) is 3.35. The van der Waals surface area contributed by atoms with E-state index in [1.54, 1.807) is 18.2 Å². The van der Waals surface area contributed by atoms with E-state index in [0.29, 0.717) is 35.5 Å². The Bertz CT molecular complexity index is 747. The molecule has 4 unspecified atom stereocenters. The van der Waals surface area contributed by atoms with E-state index in [4.69, 9.17) is 14.2 Å². The van der Waals surface area contributed by atoms with Crippen LogP contribution in [0, 0.1) is 23.7 Å². The number of benzene rings is 1. The summed E-state index contributed by atoms with van der Waals surface area (Å²) in [4.78, 5) is 24.6. The Morgan fingerprint density at radius 1 is 1.13 bits per heavy atom. The van der Waals surface area contributed by atoms with Gasteiger partial charge in [-0.3, -0.25) is 4.79 Å². The van der Waals surface area contributed by atoms with Crippen molar-refractivity contribution in [3.05, 3.63) is 23.8 Å². The van der Waals surface area contributed by atoms with Crippen molar-refractivity contribution < 1.29 is 23.8 Å². The van der Waals surface area contributed by atoms with Crippen molar-refractivity contribution in [2.45, 2.75) is 58.9 Å². The highest BCUT2D eigenvalue weighted by Gasteiger charge is 2.42. The molecule has 6 heteroatoms. The molecule has 2 aliphatic carbocycles. The number of carbonyl (C=O) groups is 2. The van der Waals surface area contributed by atoms with E-state index in [9.17, 15) is 9.59 Å². The predicted octanol–water partition coefficient (Wildman–Crippen LogP) is 4.22. The third-order valence-electron chi connectivity index (χ3n) is 6.51. The van der Waals surface area contributed by atoms with Gasteiger partial charge in [-0.2, -0.15) is 0 Å². The van der Waals surface area contributed by atoms with Gasteiger partial charge in [-0.1, -0.05) is 20.3 Å². The number of methoxy groups -OCH3 is 1. The lowest BCUT2D eigenvalue weighted by molar-refractivity contribution is -0.125. The minimum atomic E-state index is -0.551. The van der Waals surface area contributed by atoms with Gasteiger partial charge in [0.2, 0.25) is 0 Å². The lowest BCUT2D eigenvalue weighted by atomic mass is 9.84. The summed E-state index contributed by atoms with van der Waals surface area (Å²) >= 11 is 0. The number of fused-ring (bicyclic) bond motifs is 2. The zero-order chi connectivity index (χ0) is 21.7. The molecule has 0 aromatic heterocycles. The van der Waals surface area contributed by atoms with Crippen molar-refractivity contribution in [1.82, 2.24) is 5.32 Å². The van der Waals surface area contributed by atoms with Crippen LogP contribution >= 0.6 is 0 Å². The van der Waals surface area contributed by atoms with Gasteiger partial charge in [-0.05, 0) is 74.5 Å². The molecule has 0 heterocycles.